The van der Waals surface area contributed by atoms with E-state index in [4.69, 9.17) is 23.7 Å². The zero-order chi connectivity index (χ0) is 39.8. The summed E-state index contributed by atoms with van der Waals surface area (Å²) in [5.41, 5.74) is 2.85. The second kappa shape index (κ2) is 16.2. The molecule has 0 amide bonds. The molecule has 0 saturated carbocycles. The minimum Gasteiger partial charge on any atom is -0.508 e. The van der Waals surface area contributed by atoms with Gasteiger partial charge in [0.15, 0.2) is 0 Å². The van der Waals surface area contributed by atoms with Crippen LogP contribution in [0.2, 0.25) is 0 Å². The SMILES string of the molecule is OC[C@H]1O[C@@H](Oc2cc(O[C@@H]3O[C@H](CO)[C@@H](O)[C@H](O)[C@H]3O)cc([C@@H]3c4c(C=Cc5ccc(O)cc5)cc(O)cc4O[C@@H]3c3ccc(O)cc3)c2)[C@H](O)[C@@H](O)[C@@H]1O. The minimum absolute atomic E-state index is 0.00103. The van der Waals surface area contributed by atoms with Crippen molar-refractivity contribution >= 4 is 12.2 Å². The summed E-state index contributed by atoms with van der Waals surface area (Å²) < 4.78 is 29.8. The molecule has 4 aromatic carbocycles. The first-order chi connectivity index (χ1) is 26.8. The average Bonchev–Trinajstić information content (AvgIpc) is 3.57. The molecule has 12 atom stereocenters. The van der Waals surface area contributed by atoms with E-state index in [0.29, 0.717) is 28.0 Å². The van der Waals surface area contributed by atoms with Gasteiger partial charge in [0.25, 0.3) is 0 Å². The molecule has 0 spiro atoms. The van der Waals surface area contributed by atoms with Crippen molar-refractivity contribution in [3.63, 3.8) is 0 Å². The van der Waals surface area contributed by atoms with Crippen LogP contribution >= 0.6 is 0 Å². The normalized spacial score (nSPS) is 31.5. The van der Waals surface area contributed by atoms with Crippen LogP contribution in [0.15, 0.2) is 78.9 Å². The van der Waals surface area contributed by atoms with Gasteiger partial charge in [-0.15, -0.1) is 0 Å². The molecule has 4 aromatic rings. The quantitative estimate of drug-likeness (QED) is 0.0985. The van der Waals surface area contributed by atoms with Gasteiger partial charge in [0.2, 0.25) is 12.6 Å². The Morgan fingerprint density at radius 3 is 1.57 bits per heavy atom. The first-order valence-corrected chi connectivity index (χ1v) is 17.7. The van der Waals surface area contributed by atoms with Crippen molar-refractivity contribution in [2.45, 2.75) is 73.4 Å². The Morgan fingerprint density at radius 1 is 0.536 bits per heavy atom. The fourth-order valence-corrected chi connectivity index (χ4v) is 7.10. The van der Waals surface area contributed by atoms with E-state index >= 15 is 0 Å². The molecule has 0 radical (unpaired) electrons. The van der Waals surface area contributed by atoms with Crippen LogP contribution in [0.3, 0.4) is 0 Å². The fraction of sp³-hybridized carbons (Fsp3) is 0.350. The number of fused-ring (bicyclic) bond motifs is 1. The van der Waals surface area contributed by atoms with Gasteiger partial charge >= 0.3 is 0 Å². The second-order valence-electron chi connectivity index (χ2n) is 13.8. The van der Waals surface area contributed by atoms with Crippen LogP contribution in [-0.2, 0) is 9.47 Å². The largest absolute Gasteiger partial charge is 0.508 e. The van der Waals surface area contributed by atoms with Gasteiger partial charge in [-0.25, -0.2) is 0 Å². The van der Waals surface area contributed by atoms with Crippen LogP contribution in [0.25, 0.3) is 12.2 Å². The van der Waals surface area contributed by atoms with Crippen molar-refractivity contribution in [2.75, 3.05) is 13.2 Å². The van der Waals surface area contributed by atoms with Gasteiger partial charge < -0.3 is 79.9 Å². The Morgan fingerprint density at radius 2 is 1.05 bits per heavy atom. The lowest BCUT2D eigenvalue weighted by Crippen LogP contribution is -2.60. The van der Waals surface area contributed by atoms with Crippen molar-refractivity contribution in [3.05, 3.63) is 107 Å². The lowest BCUT2D eigenvalue weighted by molar-refractivity contribution is -0.278. The summed E-state index contributed by atoms with van der Waals surface area (Å²) in [4.78, 5) is 0. The zero-order valence-corrected chi connectivity index (χ0v) is 29.5. The second-order valence-corrected chi connectivity index (χ2v) is 13.8. The van der Waals surface area contributed by atoms with Crippen molar-refractivity contribution in [2.24, 2.45) is 0 Å². The summed E-state index contributed by atoms with van der Waals surface area (Å²) in [5, 5.41) is 114. The van der Waals surface area contributed by atoms with Gasteiger partial charge in [-0.1, -0.05) is 36.4 Å². The van der Waals surface area contributed by atoms with Crippen LogP contribution in [-0.4, -0.2) is 131 Å². The van der Waals surface area contributed by atoms with E-state index in [1.807, 2.05) is 0 Å². The number of phenolic OH excluding ortho intramolecular Hbond substituents is 3. The van der Waals surface area contributed by atoms with Gasteiger partial charge in [0.1, 0.15) is 89.4 Å². The third kappa shape index (κ3) is 7.85. The molecule has 16 heteroatoms. The van der Waals surface area contributed by atoms with Crippen molar-refractivity contribution in [1.29, 1.82) is 0 Å². The molecular formula is C40H42O16. The molecule has 3 aliphatic heterocycles. The lowest BCUT2D eigenvalue weighted by atomic mass is 9.82. The highest BCUT2D eigenvalue weighted by Crippen LogP contribution is 2.53. The number of benzene rings is 4. The first kappa shape index (κ1) is 39.3. The van der Waals surface area contributed by atoms with Gasteiger partial charge in [-0.3, -0.25) is 0 Å². The Bertz CT molecular complexity index is 1940. The Balaban J connectivity index is 1.36. The zero-order valence-electron chi connectivity index (χ0n) is 29.5. The number of hydrogen-bond acceptors (Lipinski definition) is 16. The number of phenols is 3. The highest BCUT2D eigenvalue weighted by molar-refractivity contribution is 5.75. The molecule has 298 valence electrons. The molecule has 0 aliphatic carbocycles. The summed E-state index contributed by atoms with van der Waals surface area (Å²) in [7, 11) is 0. The van der Waals surface area contributed by atoms with E-state index in [1.165, 1.54) is 42.5 Å². The number of aliphatic hydroxyl groups is 8. The number of ether oxygens (including phenoxy) is 5. The summed E-state index contributed by atoms with van der Waals surface area (Å²) in [6, 6.07) is 20.1. The minimum atomic E-state index is -1.79. The molecule has 0 unspecified atom stereocenters. The Kier molecular flexibility index (Phi) is 11.4. The first-order valence-electron chi connectivity index (χ1n) is 17.7. The van der Waals surface area contributed by atoms with Gasteiger partial charge in [0.05, 0.1) is 19.1 Å². The van der Waals surface area contributed by atoms with Crippen molar-refractivity contribution in [1.82, 2.24) is 0 Å². The monoisotopic (exact) mass is 778 g/mol. The summed E-state index contributed by atoms with van der Waals surface area (Å²) in [6.45, 7) is -1.43. The molecule has 11 N–H and O–H groups in total. The molecule has 3 aliphatic rings. The van der Waals surface area contributed by atoms with E-state index in [1.54, 1.807) is 48.6 Å². The molecule has 0 bridgehead atoms. The van der Waals surface area contributed by atoms with Gasteiger partial charge in [0, 0.05) is 17.7 Å². The third-order valence-corrected chi connectivity index (χ3v) is 10.1. The van der Waals surface area contributed by atoms with Crippen LogP contribution in [0.1, 0.15) is 39.8 Å². The molecule has 2 fully saturated rings. The van der Waals surface area contributed by atoms with Crippen LogP contribution in [0.5, 0.6) is 34.5 Å². The smallest absolute Gasteiger partial charge is 0.229 e. The molecule has 2 saturated heterocycles. The predicted octanol–water partition coefficient (Wildman–Crippen LogP) is 0.597. The van der Waals surface area contributed by atoms with Gasteiger partial charge in [-0.2, -0.15) is 0 Å². The average molecular weight is 779 g/mol. The maximum Gasteiger partial charge on any atom is 0.229 e. The van der Waals surface area contributed by atoms with E-state index < -0.39 is 86.6 Å². The van der Waals surface area contributed by atoms with Crippen LogP contribution in [0.4, 0.5) is 0 Å². The summed E-state index contributed by atoms with van der Waals surface area (Å²) in [6.07, 6.45) is -13.6. The Hall–Kier alpha value is -4.98. The maximum absolute atomic E-state index is 10.8. The molecule has 0 aromatic heterocycles. The van der Waals surface area contributed by atoms with E-state index in [9.17, 15) is 56.2 Å². The highest BCUT2D eigenvalue weighted by atomic mass is 16.7. The van der Waals surface area contributed by atoms with E-state index in [-0.39, 0.29) is 28.7 Å². The van der Waals surface area contributed by atoms with E-state index in [0.717, 1.165) is 5.56 Å². The van der Waals surface area contributed by atoms with Crippen molar-refractivity contribution in [3.8, 4) is 34.5 Å². The van der Waals surface area contributed by atoms with Gasteiger partial charge in [-0.05, 0) is 64.7 Å². The fourth-order valence-electron chi connectivity index (χ4n) is 7.10. The molecular weight excluding hydrogens is 736 g/mol. The number of hydrogen-bond donors (Lipinski definition) is 11. The van der Waals surface area contributed by atoms with Crippen LogP contribution < -0.4 is 14.2 Å². The summed E-state index contributed by atoms with van der Waals surface area (Å²) >= 11 is 0. The molecule has 3 heterocycles. The summed E-state index contributed by atoms with van der Waals surface area (Å²) in [5.74, 6) is -0.585. The Labute approximate surface area is 319 Å². The number of aliphatic hydroxyl groups excluding tert-OH is 8. The predicted molar refractivity (Wildman–Crippen MR) is 194 cm³/mol. The molecule has 16 nitrogen and oxygen atoms in total. The van der Waals surface area contributed by atoms with Crippen molar-refractivity contribution < 1.29 is 79.9 Å². The topological polar surface area (TPSA) is 269 Å². The molecule has 56 heavy (non-hydrogen) atoms. The lowest BCUT2D eigenvalue weighted by Gasteiger charge is -2.40. The van der Waals surface area contributed by atoms with E-state index in [2.05, 4.69) is 0 Å². The maximum atomic E-state index is 10.8. The number of rotatable bonds is 10. The number of aromatic hydroxyl groups is 3. The highest BCUT2D eigenvalue weighted by Gasteiger charge is 2.47. The van der Waals surface area contributed by atoms with Crippen LogP contribution in [0, 0.1) is 0 Å². The molecule has 7 rings (SSSR count). The third-order valence-electron chi connectivity index (χ3n) is 10.1. The standard InChI is InChI=1S/C40H42O16/c41-16-28-32(46)34(48)36(50)39(55-28)52-25-12-21(13-26(15-25)53-40-37(51)35(49)33(47)29(17-42)56-40)31-30-20(4-1-18-2-7-22(43)8-3-18)11-24(45)14-27(30)54-38(31)19-5-9-23(44)10-6-19/h1-15,28-29,31-51H,16-17H2/t28-,29-,31-,32-,33-,34+,35+,36-,37-,38-,39-,40-/m1/s1.